The zero-order valence-corrected chi connectivity index (χ0v) is 15.3. The maximum absolute atomic E-state index is 11.6. The van der Waals surface area contributed by atoms with Crippen molar-refractivity contribution in [2.24, 2.45) is 0 Å². The van der Waals surface area contributed by atoms with E-state index < -0.39 is 9.84 Å². The highest BCUT2D eigenvalue weighted by Gasteiger charge is 2.17. The molecule has 0 aliphatic rings. The Balaban J connectivity index is 1.72. The van der Waals surface area contributed by atoms with Gasteiger partial charge in [0.1, 0.15) is 5.58 Å². The highest BCUT2D eigenvalue weighted by molar-refractivity contribution is 7.90. The number of hydrogen-bond donors (Lipinski definition) is 0. The largest absolute Gasteiger partial charge is 0.453 e. The number of imidazole rings is 1. The lowest BCUT2D eigenvalue weighted by Gasteiger charge is -2.16. The Morgan fingerprint density at radius 2 is 1.81 bits per heavy atom. The number of hydrogen-bond acceptors (Lipinski definition) is 4. The van der Waals surface area contributed by atoms with Gasteiger partial charge in [-0.2, -0.15) is 0 Å². The first-order valence-electron chi connectivity index (χ1n) is 8.25. The number of sulfone groups is 1. The van der Waals surface area contributed by atoms with E-state index in [-0.39, 0.29) is 6.04 Å². The van der Waals surface area contributed by atoms with Crippen molar-refractivity contribution in [2.45, 2.75) is 17.9 Å². The number of nitrogens with zero attached hydrogens (tertiary/aromatic N) is 2. The summed E-state index contributed by atoms with van der Waals surface area (Å²) in [6, 6.07) is 16.8. The smallest absolute Gasteiger partial charge is 0.176 e. The zero-order chi connectivity index (χ0) is 18.3. The fraction of sp³-hybridized carbons (Fsp3) is 0.150. The molecule has 132 valence electrons. The minimum atomic E-state index is -3.20. The van der Waals surface area contributed by atoms with Gasteiger partial charge in [0.05, 0.1) is 10.9 Å². The minimum Gasteiger partial charge on any atom is -0.453 e. The number of benzene rings is 2. The molecule has 26 heavy (non-hydrogen) atoms. The van der Waals surface area contributed by atoms with Crippen molar-refractivity contribution in [3.8, 4) is 11.6 Å². The second-order valence-electron chi connectivity index (χ2n) is 6.32. The molecule has 1 atom stereocenters. The van der Waals surface area contributed by atoms with Crippen LogP contribution in [0.5, 0.6) is 0 Å². The summed E-state index contributed by atoms with van der Waals surface area (Å²) in [5, 5.41) is 1.03. The van der Waals surface area contributed by atoms with E-state index >= 15 is 0 Å². The summed E-state index contributed by atoms with van der Waals surface area (Å²) in [4.78, 5) is 4.77. The maximum atomic E-state index is 11.6. The van der Waals surface area contributed by atoms with E-state index in [4.69, 9.17) is 4.42 Å². The van der Waals surface area contributed by atoms with Crippen molar-refractivity contribution in [1.82, 2.24) is 9.55 Å². The van der Waals surface area contributed by atoms with Crippen LogP contribution < -0.4 is 0 Å². The van der Waals surface area contributed by atoms with E-state index in [1.807, 2.05) is 60.2 Å². The second kappa shape index (κ2) is 6.14. The summed E-state index contributed by atoms with van der Waals surface area (Å²) in [5.41, 5.74) is 1.81. The van der Waals surface area contributed by atoms with E-state index in [0.717, 1.165) is 22.4 Å². The van der Waals surface area contributed by atoms with Crippen molar-refractivity contribution < 1.29 is 12.8 Å². The number of aromatic nitrogens is 2. The van der Waals surface area contributed by atoms with Crippen molar-refractivity contribution in [2.75, 3.05) is 6.26 Å². The lowest BCUT2D eigenvalue weighted by Crippen LogP contribution is -2.08. The van der Waals surface area contributed by atoms with Gasteiger partial charge >= 0.3 is 0 Å². The van der Waals surface area contributed by atoms with Crippen LogP contribution in [0.2, 0.25) is 0 Å². The molecule has 0 bridgehead atoms. The average Bonchev–Trinajstić information content (AvgIpc) is 3.26. The van der Waals surface area contributed by atoms with Gasteiger partial charge in [0.25, 0.3) is 0 Å². The van der Waals surface area contributed by atoms with Crippen LogP contribution in [0.25, 0.3) is 22.6 Å². The molecular weight excluding hydrogens is 348 g/mol. The fourth-order valence-corrected chi connectivity index (χ4v) is 3.69. The van der Waals surface area contributed by atoms with Gasteiger partial charge in [0.15, 0.2) is 21.4 Å². The van der Waals surface area contributed by atoms with Crippen molar-refractivity contribution >= 4 is 20.8 Å². The van der Waals surface area contributed by atoms with Gasteiger partial charge in [0, 0.05) is 24.0 Å². The summed E-state index contributed by atoms with van der Waals surface area (Å²) in [6.07, 6.45) is 4.85. The van der Waals surface area contributed by atoms with Crippen LogP contribution in [-0.2, 0) is 9.84 Å². The third-order valence-electron chi connectivity index (χ3n) is 4.52. The molecule has 2 aromatic carbocycles. The van der Waals surface area contributed by atoms with Crippen LogP contribution in [-0.4, -0.2) is 24.2 Å². The Morgan fingerprint density at radius 1 is 1.08 bits per heavy atom. The third kappa shape index (κ3) is 2.93. The van der Waals surface area contributed by atoms with Crippen LogP contribution in [0.1, 0.15) is 18.5 Å². The highest BCUT2D eigenvalue weighted by atomic mass is 32.2. The first kappa shape index (κ1) is 16.6. The van der Waals surface area contributed by atoms with E-state index in [1.165, 1.54) is 6.26 Å². The molecule has 2 aromatic heterocycles. The summed E-state index contributed by atoms with van der Waals surface area (Å²) in [5.74, 6) is 1.44. The Bertz CT molecular complexity index is 1140. The summed E-state index contributed by atoms with van der Waals surface area (Å²) in [7, 11) is -3.20. The molecule has 0 radical (unpaired) electrons. The van der Waals surface area contributed by atoms with Gasteiger partial charge in [0.2, 0.25) is 0 Å². The summed E-state index contributed by atoms with van der Waals surface area (Å²) < 4.78 is 31.2. The van der Waals surface area contributed by atoms with E-state index in [9.17, 15) is 8.42 Å². The standard InChI is InChI=1S/C20H18N2O3S/c1-14(15-7-9-17(10-8-15)26(2,23)24)22-12-11-21-20(22)19-13-16-5-3-4-6-18(16)25-19/h3-14H,1-2H3/t14-/m0/s1. The third-order valence-corrected chi connectivity index (χ3v) is 5.65. The number of furan rings is 1. The summed E-state index contributed by atoms with van der Waals surface area (Å²) in [6.45, 7) is 2.04. The summed E-state index contributed by atoms with van der Waals surface area (Å²) >= 11 is 0. The van der Waals surface area contributed by atoms with Gasteiger partial charge < -0.3 is 8.98 Å². The molecule has 0 spiro atoms. The Labute approximate surface area is 151 Å². The van der Waals surface area contributed by atoms with E-state index in [0.29, 0.717) is 10.7 Å². The van der Waals surface area contributed by atoms with Crippen LogP contribution in [0, 0.1) is 0 Å². The Morgan fingerprint density at radius 3 is 2.50 bits per heavy atom. The molecule has 4 rings (SSSR count). The lowest BCUT2D eigenvalue weighted by atomic mass is 10.1. The van der Waals surface area contributed by atoms with Crippen molar-refractivity contribution in [3.63, 3.8) is 0 Å². The van der Waals surface area contributed by atoms with Crippen LogP contribution in [0.4, 0.5) is 0 Å². The van der Waals surface area contributed by atoms with Gasteiger partial charge in [-0.15, -0.1) is 0 Å². The Kier molecular flexibility index (Phi) is 3.92. The second-order valence-corrected chi connectivity index (χ2v) is 8.34. The minimum absolute atomic E-state index is 0.0191. The molecule has 0 saturated heterocycles. The molecule has 0 aliphatic carbocycles. The van der Waals surface area contributed by atoms with E-state index in [1.54, 1.807) is 18.3 Å². The van der Waals surface area contributed by atoms with Crippen LogP contribution in [0.15, 0.2) is 76.3 Å². The molecule has 0 amide bonds. The first-order chi connectivity index (χ1) is 12.4. The first-order valence-corrected chi connectivity index (χ1v) is 10.1. The molecule has 4 aromatic rings. The predicted molar refractivity (Wildman–Crippen MR) is 101 cm³/mol. The quantitative estimate of drug-likeness (QED) is 0.540. The SMILES string of the molecule is C[C@@H](c1ccc(S(C)(=O)=O)cc1)n1ccnc1-c1cc2ccccc2o1. The van der Waals surface area contributed by atoms with Crippen LogP contribution >= 0.6 is 0 Å². The van der Waals surface area contributed by atoms with Gasteiger partial charge in [-0.1, -0.05) is 30.3 Å². The molecule has 0 unspecified atom stereocenters. The highest BCUT2D eigenvalue weighted by Crippen LogP contribution is 2.30. The van der Waals surface area contributed by atoms with Gasteiger partial charge in [-0.3, -0.25) is 0 Å². The molecule has 5 nitrogen and oxygen atoms in total. The number of para-hydroxylation sites is 1. The normalized spacial score (nSPS) is 13.2. The number of rotatable bonds is 4. The monoisotopic (exact) mass is 366 g/mol. The lowest BCUT2D eigenvalue weighted by molar-refractivity contribution is 0.593. The molecule has 2 heterocycles. The van der Waals surface area contributed by atoms with Crippen LogP contribution in [0.3, 0.4) is 0 Å². The predicted octanol–water partition coefficient (Wildman–Crippen LogP) is 4.31. The number of fused-ring (bicyclic) bond motifs is 1. The van der Waals surface area contributed by atoms with E-state index in [2.05, 4.69) is 4.98 Å². The topological polar surface area (TPSA) is 65.1 Å². The fourth-order valence-electron chi connectivity index (χ4n) is 3.06. The molecule has 0 saturated carbocycles. The zero-order valence-electron chi connectivity index (χ0n) is 14.5. The van der Waals surface area contributed by atoms with Gasteiger partial charge in [-0.25, -0.2) is 13.4 Å². The van der Waals surface area contributed by atoms with Crippen molar-refractivity contribution in [1.29, 1.82) is 0 Å². The van der Waals surface area contributed by atoms with Gasteiger partial charge in [-0.05, 0) is 36.8 Å². The molecule has 0 N–H and O–H groups in total. The molecule has 0 aliphatic heterocycles. The average molecular weight is 366 g/mol. The molecular formula is C20H18N2O3S. The molecule has 6 heteroatoms. The Hall–Kier alpha value is -2.86. The van der Waals surface area contributed by atoms with Crippen molar-refractivity contribution in [3.05, 3.63) is 72.6 Å². The maximum Gasteiger partial charge on any atom is 0.176 e. The molecule has 0 fully saturated rings.